The van der Waals surface area contributed by atoms with Crippen molar-refractivity contribution in [2.75, 3.05) is 5.32 Å². The summed E-state index contributed by atoms with van der Waals surface area (Å²) >= 11 is 0. The highest BCUT2D eigenvalue weighted by atomic mass is 16.6. The predicted octanol–water partition coefficient (Wildman–Crippen LogP) is 3.11. The van der Waals surface area contributed by atoms with E-state index in [1.54, 1.807) is 18.2 Å². The van der Waals surface area contributed by atoms with Crippen LogP contribution in [0.3, 0.4) is 0 Å². The van der Waals surface area contributed by atoms with Crippen LogP contribution in [0.25, 0.3) is 0 Å². The van der Waals surface area contributed by atoms with Crippen LogP contribution in [0, 0.1) is 16.0 Å². The number of rotatable bonds is 3. The minimum atomic E-state index is -0.476. The highest BCUT2D eigenvalue weighted by Gasteiger charge is 2.23. The van der Waals surface area contributed by atoms with Gasteiger partial charge in [0.05, 0.1) is 4.92 Å². The number of anilines is 1. The summed E-state index contributed by atoms with van der Waals surface area (Å²) in [5.74, 6) is -0.0949. The number of hydrogen-bond donors (Lipinski definition) is 1. The van der Waals surface area contributed by atoms with Gasteiger partial charge in [-0.15, -0.1) is 0 Å². The Kier molecular flexibility index (Phi) is 3.92. The maximum absolute atomic E-state index is 12.0. The summed E-state index contributed by atoms with van der Waals surface area (Å²) in [7, 11) is 0. The molecule has 1 fully saturated rings. The molecule has 96 valence electrons. The van der Waals surface area contributed by atoms with Gasteiger partial charge < -0.3 is 5.32 Å². The molecule has 0 saturated heterocycles. The second-order valence-electron chi connectivity index (χ2n) is 4.60. The number of nitrogens with zero attached hydrogens (tertiary/aromatic N) is 1. The van der Waals surface area contributed by atoms with E-state index in [4.69, 9.17) is 0 Å². The van der Waals surface area contributed by atoms with Crippen molar-refractivity contribution in [1.29, 1.82) is 0 Å². The molecule has 1 aliphatic rings. The molecule has 5 heteroatoms. The van der Waals surface area contributed by atoms with Gasteiger partial charge in [-0.1, -0.05) is 31.4 Å². The smallest absolute Gasteiger partial charge is 0.292 e. The maximum atomic E-state index is 12.0. The van der Waals surface area contributed by atoms with Crippen molar-refractivity contribution >= 4 is 17.3 Å². The molecule has 1 saturated carbocycles. The minimum absolute atomic E-state index is 0.00133. The van der Waals surface area contributed by atoms with Gasteiger partial charge in [-0.2, -0.15) is 0 Å². The van der Waals surface area contributed by atoms with Crippen molar-refractivity contribution < 1.29 is 9.72 Å². The van der Waals surface area contributed by atoms with E-state index in [9.17, 15) is 14.9 Å². The second-order valence-corrected chi connectivity index (χ2v) is 4.60. The van der Waals surface area contributed by atoms with Crippen LogP contribution in [0.15, 0.2) is 24.3 Å². The average molecular weight is 248 g/mol. The summed E-state index contributed by atoms with van der Waals surface area (Å²) in [6, 6.07) is 6.24. The first kappa shape index (κ1) is 12.5. The van der Waals surface area contributed by atoms with E-state index >= 15 is 0 Å². The molecule has 1 amide bonds. The average Bonchev–Trinajstić information content (AvgIpc) is 2.40. The Morgan fingerprint density at radius 1 is 1.22 bits per heavy atom. The van der Waals surface area contributed by atoms with Crippen LogP contribution in [0.5, 0.6) is 0 Å². The van der Waals surface area contributed by atoms with Crippen LogP contribution in [-0.2, 0) is 4.79 Å². The lowest BCUT2D eigenvalue weighted by molar-refractivity contribution is -0.383. The highest BCUT2D eigenvalue weighted by molar-refractivity contribution is 5.94. The van der Waals surface area contributed by atoms with Gasteiger partial charge in [0.15, 0.2) is 0 Å². The molecule has 0 heterocycles. The molecular formula is C13H16N2O3. The number of carbonyl (C=O) groups is 1. The Labute approximate surface area is 105 Å². The molecule has 0 bridgehead atoms. The Bertz CT molecular complexity index is 453. The fourth-order valence-electron chi connectivity index (χ4n) is 2.34. The molecule has 0 radical (unpaired) electrons. The van der Waals surface area contributed by atoms with Gasteiger partial charge in [-0.25, -0.2) is 0 Å². The summed E-state index contributed by atoms with van der Waals surface area (Å²) in [6.07, 6.45) is 5.07. The van der Waals surface area contributed by atoms with Gasteiger partial charge in [0.1, 0.15) is 5.69 Å². The van der Waals surface area contributed by atoms with Gasteiger partial charge in [0, 0.05) is 12.0 Å². The lowest BCUT2D eigenvalue weighted by atomic mass is 9.88. The zero-order chi connectivity index (χ0) is 13.0. The van der Waals surface area contributed by atoms with Crippen LogP contribution >= 0.6 is 0 Å². The number of nitro benzene ring substituents is 1. The largest absolute Gasteiger partial charge is 0.320 e. The molecule has 0 atom stereocenters. The molecule has 0 spiro atoms. The fourth-order valence-corrected chi connectivity index (χ4v) is 2.34. The molecule has 1 N–H and O–H groups in total. The summed E-state index contributed by atoms with van der Waals surface area (Å²) in [4.78, 5) is 22.4. The second kappa shape index (κ2) is 5.62. The number of carbonyl (C=O) groups excluding carboxylic acids is 1. The number of nitrogens with one attached hydrogen (secondary N) is 1. The molecule has 5 nitrogen and oxygen atoms in total. The van der Waals surface area contributed by atoms with Crippen LogP contribution < -0.4 is 5.32 Å². The quantitative estimate of drug-likeness (QED) is 0.659. The van der Waals surface area contributed by atoms with E-state index in [-0.39, 0.29) is 23.2 Å². The van der Waals surface area contributed by atoms with Crippen LogP contribution in [0.2, 0.25) is 0 Å². The highest BCUT2D eigenvalue weighted by Crippen LogP contribution is 2.27. The summed E-state index contributed by atoms with van der Waals surface area (Å²) in [5.41, 5.74) is 0.236. The molecule has 0 aliphatic heterocycles. The Morgan fingerprint density at radius 2 is 1.89 bits per heavy atom. The third-order valence-corrected chi connectivity index (χ3v) is 3.33. The monoisotopic (exact) mass is 248 g/mol. The van der Waals surface area contributed by atoms with Crippen molar-refractivity contribution in [3.05, 3.63) is 34.4 Å². The van der Waals surface area contributed by atoms with Crippen molar-refractivity contribution in [3.63, 3.8) is 0 Å². The molecule has 0 unspecified atom stereocenters. The Morgan fingerprint density at radius 3 is 2.56 bits per heavy atom. The third-order valence-electron chi connectivity index (χ3n) is 3.33. The van der Waals surface area contributed by atoms with Gasteiger partial charge in [0.25, 0.3) is 5.69 Å². The predicted molar refractivity (Wildman–Crippen MR) is 68.3 cm³/mol. The van der Waals surface area contributed by atoms with Crippen LogP contribution in [0.4, 0.5) is 11.4 Å². The van der Waals surface area contributed by atoms with Crippen molar-refractivity contribution in [2.24, 2.45) is 5.92 Å². The van der Waals surface area contributed by atoms with Gasteiger partial charge in [-0.05, 0) is 18.9 Å². The zero-order valence-electron chi connectivity index (χ0n) is 10.1. The van der Waals surface area contributed by atoms with Crippen molar-refractivity contribution in [3.8, 4) is 0 Å². The summed E-state index contributed by atoms with van der Waals surface area (Å²) in [5, 5.41) is 13.5. The SMILES string of the molecule is O=C(Nc1ccccc1[N+](=O)[O-])C1CCCCC1. The van der Waals surface area contributed by atoms with E-state index in [0.717, 1.165) is 25.7 Å². The topological polar surface area (TPSA) is 72.2 Å². The summed E-state index contributed by atoms with van der Waals surface area (Å²) in [6.45, 7) is 0. The van der Waals surface area contributed by atoms with E-state index in [1.807, 2.05) is 0 Å². The van der Waals surface area contributed by atoms with E-state index in [0.29, 0.717) is 0 Å². The van der Waals surface area contributed by atoms with E-state index < -0.39 is 4.92 Å². The first-order valence-electron chi connectivity index (χ1n) is 6.23. The number of benzene rings is 1. The van der Waals surface area contributed by atoms with Crippen LogP contribution in [0.1, 0.15) is 32.1 Å². The fraction of sp³-hybridized carbons (Fsp3) is 0.462. The normalized spacial score (nSPS) is 16.2. The first-order chi connectivity index (χ1) is 8.68. The zero-order valence-corrected chi connectivity index (χ0v) is 10.1. The standard InChI is InChI=1S/C13H16N2O3/c16-13(10-6-2-1-3-7-10)14-11-8-4-5-9-12(11)15(17)18/h4-5,8-10H,1-3,6-7H2,(H,14,16). The lowest BCUT2D eigenvalue weighted by Gasteiger charge is -2.20. The number of amides is 1. The Hall–Kier alpha value is -1.91. The molecule has 2 rings (SSSR count). The molecule has 0 aromatic heterocycles. The minimum Gasteiger partial charge on any atom is -0.320 e. The number of hydrogen-bond acceptors (Lipinski definition) is 3. The first-order valence-corrected chi connectivity index (χ1v) is 6.23. The third kappa shape index (κ3) is 2.85. The van der Waals surface area contributed by atoms with E-state index in [1.165, 1.54) is 12.5 Å². The van der Waals surface area contributed by atoms with Crippen molar-refractivity contribution in [2.45, 2.75) is 32.1 Å². The Balaban J connectivity index is 2.08. The maximum Gasteiger partial charge on any atom is 0.292 e. The molecule has 1 aromatic carbocycles. The van der Waals surface area contributed by atoms with Crippen molar-refractivity contribution in [1.82, 2.24) is 0 Å². The molecule has 1 aliphatic carbocycles. The molecule has 1 aromatic rings. The van der Waals surface area contributed by atoms with Crippen LogP contribution in [-0.4, -0.2) is 10.8 Å². The van der Waals surface area contributed by atoms with Gasteiger partial charge >= 0.3 is 0 Å². The molecule has 18 heavy (non-hydrogen) atoms. The number of para-hydroxylation sites is 2. The summed E-state index contributed by atoms with van der Waals surface area (Å²) < 4.78 is 0. The lowest BCUT2D eigenvalue weighted by Crippen LogP contribution is -2.25. The van der Waals surface area contributed by atoms with Gasteiger partial charge in [-0.3, -0.25) is 14.9 Å². The molecular weight excluding hydrogens is 232 g/mol. The van der Waals surface area contributed by atoms with E-state index in [2.05, 4.69) is 5.32 Å². The number of nitro groups is 1. The van der Waals surface area contributed by atoms with Gasteiger partial charge in [0.2, 0.25) is 5.91 Å².